The van der Waals surface area contributed by atoms with Crippen molar-refractivity contribution in [1.29, 1.82) is 0 Å². The van der Waals surface area contributed by atoms with Crippen LogP contribution in [-0.4, -0.2) is 38.2 Å². The summed E-state index contributed by atoms with van der Waals surface area (Å²) in [6, 6.07) is 12.2. The molecule has 1 atom stereocenters. The molecule has 1 aliphatic carbocycles. The van der Waals surface area contributed by atoms with E-state index >= 15 is 0 Å². The maximum atomic E-state index is 13.9. The van der Waals surface area contributed by atoms with Gasteiger partial charge in [-0.1, -0.05) is 45.2 Å². The van der Waals surface area contributed by atoms with Gasteiger partial charge in [-0.15, -0.1) is 0 Å². The largest absolute Gasteiger partial charge is 0.493 e. The van der Waals surface area contributed by atoms with E-state index in [1.807, 2.05) is 18.2 Å². The van der Waals surface area contributed by atoms with Crippen LogP contribution in [0.1, 0.15) is 81.5 Å². The average molecular weight is 494 g/mol. The van der Waals surface area contributed by atoms with E-state index < -0.39 is 0 Å². The van der Waals surface area contributed by atoms with E-state index in [0.29, 0.717) is 24.8 Å². The second kappa shape index (κ2) is 12.5. The first-order chi connectivity index (χ1) is 17.6. The third-order valence-electron chi connectivity index (χ3n) is 8.19. The topological polar surface area (TPSA) is 48.0 Å². The molecule has 1 aliphatic heterocycles. The molecule has 1 heterocycles. The van der Waals surface area contributed by atoms with E-state index in [9.17, 15) is 4.79 Å². The Labute approximate surface area is 217 Å². The van der Waals surface area contributed by atoms with Crippen LogP contribution in [-0.2, 0) is 17.6 Å². The Hall–Kier alpha value is -2.69. The van der Waals surface area contributed by atoms with Crippen molar-refractivity contribution in [3.63, 3.8) is 0 Å². The number of hydrogen-bond donors (Lipinski definition) is 0. The van der Waals surface area contributed by atoms with Gasteiger partial charge in [0.05, 0.1) is 20.3 Å². The fourth-order valence-electron chi connectivity index (χ4n) is 5.89. The molecule has 2 aromatic rings. The summed E-state index contributed by atoms with van der Waals surface area (Å²) in [5.74, 6) is 3.47. The Morgan fingerprint density at radius 2 is 1.67 bits per heavy atom. The maximum Gasteiger partial charge on any atom is 0.226 e. The molecule has 2 aliphatic rings. The van der Waals surface area contributed by atoms with Gasteiger partial charge >= 0.3 is 0 Å². The first-order valence-electron chi connectivity index (χ1n) is 13.8. The monoisotopic (exact) mass is 493 g/mol. The van der Waals surface area contributed by atoms with E-state index in [-0.39, 0.29) is 12.0 Å². The Bertz CT molecular complexity index is 994. The van der Waals surface area contributed by atoms with Gasteiger partial charge < -0.3 is 19.1 Å². The number of carbonyl (C=O) groups is 1. The lowest BCUT2D eigenvalue weighted by atomic mass is 9.78. The zero-order valence-electron chi connectivity index (χ0n) is 22.6. The SMILES string of the molecule is CCCCC1CCC(C(=O)N2CCc3cc(OC)c(OC)cc3C2COc2ccc(CC)cc2)CC1. The highest BCUT2D eigenvalue weighted by atomic mass is 16.5. The second-order valence-electron chi connectivity index (χ2n) is 10.4. The standard InChI is InChI=1S/C31H43NO4/c1-5-7-8-23-9-13-24(14-10-23)31(33)32-18-17-25-19-29(34-3)30(35-4)20-27(25)28(32)21-36-26-15-11-22(6-2)12-16-26/h11-12,15-16,19-20,23-24,28H,5-10,13-14,17-18,21H2,1-4H3. The molecule has 0 aromatic heterocycles. The zero-order chi connectivity index (χ0) is 25.5. The number of methoxy groups -OCH3 is 2. The highest BCUT2D eigenvalue weighted by Gasteiger charge is 2.37. The quantitative estimate of drug-likeness (QED) is 0.367. The smallest absolute Gasteiger partial charge is 0.226 e. The molecule has 0 N–H and O–H groups in total. The summed E-state index contributed by atoms with van der Waals surface area (Å²) < 4.78 is 17.5. The van der Waals surface area contributed by atoms with Crippen molar-refractivity contribution in [3.05, 3.63) is 53.1 Å². The number of hydrogen-bond acceptors (Lipinski definition) is 4. The normalized spacial score (nSPS) is 21.6. The summed E-state index contributed by atoms with van der Waals surface area (Å²) >= 11 is 0. The number of carbonyl (C=O) groups excluding carboxylic acids is 1. The van der Waals surface area contributed by atoms with Crippen molar-refractivity contribution in [1.82, 2.24) is 4.90 Å². The van der Waals surface area contributed by atoms with Gasteiger partial charge in [0, 0.05) is 12.5 Å². The van der Waals surface area contributed by atoms with E-state index in [1.54, 1.807) is 14.2 Å². The van der Waals surface area contributed by atoms with Crippen molar-refractivity contribution in [2.24, 2.45) is 11.8 Å². The molecule has 1 amide bonds. The fraction of sp³-hybridized carbons (Fsp3) is 0.581. The first-order valence-corrected chi connectivity index (χ1v) is 13.8. The molecule has 0 saturated heterocycles. The number of ether oxygens (including phenoxy) is 3. The van der Waals surface area contributed by atoms with Crippen LogP contribution in [0.5, 0.6) is 17.2 Å². The first kappa shape index (κ1) is 26.4. The minimum atomic E-state index is -0.148. The minimum Gasteiger partial charge on any atom is -0.493 e. The van der Waals surface area contributed by atoms with Gasteiger partial charge in [-0.05, 0) is 85.4 Å². The molecular formula is C31H43NO4. The molecule has 5 heteroatoms. The number of fused-ring (bicyclic) bond motifs is 1. The van der Waals surface area contributed by atoms with Gasteiger partial charge in [-0.25, -0.2) is 0 Å². The lowest BCUT2D eigenvalue weighted by Crippen LogP contribution is -2.46. The van der Waals surface area contributed by atoms with Crippen molar-refractivity contribution >= 4 is 5.91 Å². The van der Waals surface area contributed by atoms with Gasteiger partial charge in [-0.2, -0.15) is 0 Å². The number of nitrogens with zero attached hydrogens (tertiary/aromatic N) is 1. The van der Waals surface area contributed by atoms with Crippen molar-refractivity contribution in [3.8, 4) is 17.2 Å². The third-order valence-corrected chi connectivity index (χ3v) is 8.19. The molecule has 2 aromatic carbocycles. The lowest BCUT2D eigenvalue weighted by molar-refractivity contribution is -0.140. The summed E-state index contributed by atoms with van der Waals surface area (Å²) in [5, 5.41) is 0. The molecular weight excluding hydrogens is 450 g/mol. The summed E-state index contributed by atoms with van der Waals surface area (Å²) in [6.07, 6.45) is 10.1. The van der Waals surface area contributed by atoms with Crippen LogP contribution in [0.15, 0.2) is 36.4 Å². The van der Waals surface area contributed by atoms with Gasteiger partial charge in [0.2, 0.25) is 5.91 Å². The van der Waals surface area contributed by atoms with Crippen LogP contribution >= 0.6 is 0 Å². The molecule has 5 nitrogen and oxygen atoms in total. The number of aryl methyl sites for hydroxylation is 1. The van der Waals surface area contributed by atoms with Gasteiger partial charge in [-0.3, -0.25) is 4.79 Å². The molecule has 1 saturated carbocycles. The van der Waals surface area contributed by atoms with E-state index in [1.165, 1.54) is 43.2 Å². The highest BCUT2D eigenvalue weighted by molar-refractivity contribution is 5.80. The summed E-state index contributed by atoms with van der Waals surface area (Å²) in [5.41, 5.74) is 3.59. The predicted molar refractivity (Wildman–Crippen MR) is 144 cm³/mol. The van der Waals surface area contributed by atoms with Gasteiger partial charge in [0.25, 0.3) is 0 Å². The molecule has 0 spiro atoms. The highest BCUT2D eigenvalue weighted by Crippen LogP contribution is 2.40. The van der Waals surface area contributed by atoms with Crippen LogP contribution in [0.3, 0.4) is 0 Å². The van der Waals surface area contributed by atoms with Gasteiger partial charge in [0.1, 0.15) is 12.4 Å². The third kappa shape index (κ3) is 5.99. The molecule has 1 fully saturated rings. The average Bonchev–Trinajstić information content (AvgIpc) is 2.94. The molecule has 36 heavy (non-hydrogen) atoms. The van der Waals surface area contributed by atoms with E-state index in [2.05, 4.69) is 36.9 Å². The second-order valence-corrected chi connectivity index (χ2v) is 10.4. The van der Waals surface area contributed by atoms with Crippen LogP contribution in [0, 0.1) is 11.8 Å². The Morgan fingerprint density at radius 3 is 2.31 bits per heavy atom. The molecule has 4 rings (SSSR count). The van der Waals surface area contributed by atoms with Crippen LogP contribution in [0.25, 0.3) is 0 Å². The number of rotatable bonds is 10. The van der Waals surface area contributed by atoms with Crippen LogP contribution < -0.4 is 14.2 Å². The fourth-order valence-corrected chi connectivity index (χ4v) is 5.89. The molecule has 196 valence electrons. The molecule has 0 bridgehead atoms. The lowest BCUT2D eigenvalue weighted by Gasteiger charge is -2.40. The van der Waals surface area contributed by atoms with E-state index in [4.69, 9.17) is 14.2 Å². The Balaban J connectivity index is 1.55. The zero-order valence-corrected chi connectivity index (χ0v) is 22.6. The Kier molecular flexibility index (Phi) is 9.17. The molecule has 1 unspecified atom stereocenters. The summed E-state index contributed by atoms with van der Waals surface area (Å²) in [7, 11) is 3.33. The van der Waals surface area contributed by atoms with Gasteiger partial charge in [0.15, 0.2) is 11.5 Å². The maximum absolute atomic E-state index is 13.9. The molecule has 0 radical (unpaired) electrons. The number of benzene rings is 2. The number of amides is 1. The van der Waals surface area contributed by atoms with Crippen molar-refractivity contribution in [2.45, 2.75) is 77.7 Å². The van der Waals surface area contributed by atoms with Crippen LogP contribution in [0.4, 0.5) is 0 Å². The van der Waals surface area contributed by atoms with E-state index in [0.717, 1.165) is 48.7 Å². The Morgan fingerprint density at radius 1 is 0.972 bits per heavy atom. The summed E-state index contributed by atoms with van der Waals surface area (Å²) in [6.45, 7) is 5.54. The predicted octanol–water partition coefficient (Wildman–Crippen LogP) is 6.77. The van der Waals surface area contributed by atoms with Crippen LogP contribution in [0.2, 0.25) is 0 Å². The summed E-state index contributed by atoms with van der Waals surface area (Å²) in [4.78, 5) is 16.0. The van der Waals surface area contributed by atoms with Crippen molar-refractivity contribution < 1.29 is 19.0 Å². The number of unbranched alkanes of at least 4 members (excludes halogenated alkanes) is 1. The van der Waals surface area contributed by atoms with Crippen molar-refractivity contribution in [2.75, 3.05) is 27.4 Å². The minimum absolute atomic E-state index is 0.121.